The highest BCUT2D eigenvalue weighted by atomic mass is 32.1. The number of carbonyl (C=O) groups excluding carboxylic acids is 2. The molecule has 1 aliphatic carbocycles. The van der Waals surface area contributed by atoms with E-state index in [1.807, 2.05) is 35.7 Å². The van der Waals surface area contributed by atoms with Gasteiger partial charge in [0.25, 0.3) is 0 Å². The molecule has 5 rings (SSSR count). The van der Waals surface area contributed by atoms with Gasteiger partial charge in [-0.2, -0.15) is 5.26 Å². The molecule has 2 aromatic carbocycles. The molecule has 0 radical (unpaired) electrons. The Morgan fingerprint density at radius 3 is 2.69 bits per heavy atom. The van der Waals surface area contributed by atoms with Crippen molar-refractivity contribution in [2.24, 2.45) is 0 Å². The first-order valence-corrected chi connectivity index (χ1v) is 12.2. The molecule has 0 unspecified atom stereocenters. The van der Waals surface area contributed by atoms with Crippen LogP contribution < -0.4 is 14.8 Å². The van der Waals surface area contributed by atoms with Crippen LogP contribution >= 0.6 is 11.3 Å². The molecule has 35 heavy (non-hydrogen) atoms. The Bertz CT molecular complexity index is 1270. The summed E-state index contributed by atoms with van der Waals surface area (Å²) < 4.78 is 10.9. The lowest BCUT2D eigenvalue weighted by atomic mass is 10.2. The first kappa shape index (κ1) is 22.7. The van der Waals surface area contributed by atoms with Gasteiger partial charge in [0.15, 0.2) is 11.5 Å². The predicted octanol–water partition coefficient (Wildman–Crippen LogP) is 4.57. The fourth-order valence-corrected chi connectivity index (χ4v) is 4.66. The molecule has 3 amide bonds. The normalized spacial score (nSPS) is 13.7. The average Bonchev–Trinajstić information content (AvgIpc) is 3.36. The summed E-state index contributed by atoms with van der Waals surface area (Å²) in [6, 6.07) is 18.1. The number of rotatable bonds is 8. The molecule has 1 saturated carbocycles. The van der Waals surface area contributed by atoms with Gasteiger partial charge in [-0.3, -0.25) is 4.79 Å². The molecule has 3 aromatic rings. The highest BCUT2D eigenvalue weighted by Gasteiger charge is 2.35. The van der Waals surface area contributed by atoms with E-state index in [1.54, 1.807) is 45.4 Å². The Morgan fingerprint density at radius 1 is 1.06 bits per heavy atom. The van der Waals surface area contributed by atoms with E-state index >= 15 is 0 Å². The molecular weight excluding hydrogens is 464 g/mol. The summed E-state index contributed by atoms with van der Waals surface area (Å²) in [7, 11) is 0. The summed E-state index contributed by atoms with van der Waals surface area (Å²) in [6.07, 6.45) is 1.73. The number of carbonyl (C=O) groups is 2. The maximum Gasteiger partial charge on any atom is 0.322 e. The lowest BCUT2D eigenvalue weighted by Gasteiger charge is -2.28. The molecule has 0 saturated heterocycles. The summed E-state index contributed by atoms with van der Waals surface area (Å²) in [6.45, 7) is 1.01. The number of amides is 3. The SMILES string of the molecule is N#Cc1cccc(NC(=O)N(CC(=O)N(Cc2ccc3c(c2)OCO3)Cc2cccs2)C2CC2)c1. The van der Waals surface area contributed by atoms with Gasteiger partial charge in [0.1, 0.15) is 6.54 Å². The molecule has 2 heterocycles. The van der Waals surface area contributed by atoms with Gasteiger partial charge in [0.05, 0.1) is 18.2 Å². The number of nitrogens with one attached hydrogen (secondary N) is 1. The molecule has 9 heteroatoms. The van der Waals surface area contributed by atoms with Gasteiger partial charge in [-0.1, -0.05) is 18.2 Å². The number of nitrogens with zero attached hydrogens (tertiary/aromatic N) is 3. The second-order valence-corrected chi connectivity index (χ2v) is 9.53. The lowest BCUT2D eigenvalue weighted by Crippen LogP contribution is -2.45. The third kappa shape index (κ3) is 5.55. The van der Waals surface area contributed by atoms with Crippen LogP contribution in [0.15, 0.2) is 60.0 Å². The number of nitriles is 1. The quantitative estimate of drug-likeness (QED) is 0.501. The van der Waals surface area contributed by atoms with Crippen LogP contribution in [0.5, 0.6) is 11.5 Å². The molecule has 1 fully saturated rings. The highest BCUT2D eigenvalue weighted by Crippen LogP contribution is 2.33. The van der Waals surface area contributed by atoms with Crippen molar-refractivity contribution in [3.8, 4) is 17.6 Å². The van der Waals surface area contributed by atoms with E-state index < -0.39 is 0 Å². The van der Waals surface area contributed by atoms with E-state index in [-0.39, 0.29) is 31.3 Å². The second kappa shape index (κ2) is 10.1. The molecule has 0 atom stereocenters. The molecule has 0 spiro atoms. The monoisotopic (exact) mass is 488 g/mol. The molecule has 1 N–H and O–H groups in total. The van der Waals surface area contributed by atoms with Crippen LogP contribution in [-0.2, 0) is 17.9 Å². The zero-order chi connectivity index (χ0) is 24.2. The topological polar surface area (TPSA) is 94.9 Å². The maximum atomic E-state index is 13.5. The minimum Gasteiger partial charge on any atom is -0.454 e. The van der Waals surface area contributed by atoms with Gasteiger partial charge in [-0.05, 0) is 60.2 Å². The number of thiophene rings is 1. The van der Waals surface area contributed by atoms with Gasteiger partial charge in [-0.25, -0.2) is 4.79 Å². The van der Waals surface area contributed by atoms with Gasteiger partial charge >= 0.3 is 6.03 Å². The van der Waals surface area contributed by atoms with E-state index in [0.717, 1.165) is 23.3 Å². The van der Waals surface area contributed by atoms with Gasteiger partial charge in [0.2, 0.25) is 12.7 Å². The van der Waals surface area contributed by atoms with Gasteiger partial charge < -0.3 is 24.6 Å². The summed E-state index contributed by atoms with van der Waals surface area (Å²) >= 11 is 1.59. The van der Waals surface area contributed by atoms with E-state index in [4.69, 9.17) is 14.7 Å². The van der Waals surface area contributed by atoms with Crippen molar-refractivity contribution in [1.82, 2.24) is 9.80 Å². The minimum atomic E-state index is -0.338. The Labute approximate surface area is 207 Å². The van der Waals surface area contributed by atoms with Crippen LogP contribution in [0.25, 0.3) is 0 Å². The zero-order valence-electron chi connectivity index (χ0n) is 19.0. The Balaban J connectivity index is 1.31. The average molecular weight is 489 g/mol. The number of hydrogen-bond acceptors (Lipinski definition) is 6. The standard InChI is InChI=1S/C26H24N4O4S/c27-13-18-3-1-4-20(11-18)28-26(32)30(21-7-8-21)16-25(31)29(15-22-5-2-10-35-22)14-19-6-9-23-24(12-19)34-17-33-23/h1-6,9-12,21H,7-8,14-17H2,(H,28,32). The van der Waals surface area contributed by atoms with E-state index in [1.165, 1.54) is 0 Å². The largest absolute Gasteiger partial charge is 0.454 e. The molecular formula is C26H24N4O4S. The van der Waals surface area contributed by atoms with Crippen LogP contribution in [0.4, 0.5) is 10.5 Å². The summed E-state index contributed by atoms with van der Waals surface area (Å²) in [4.78, 5) is 31.0. The highest BCUT2D eigenvalue weighted by molar-refractivity contribution is 7.09. The van der Waals surface area contributed by atoms with Crippen LogP contribution in [0, 0.1) is 11.3 Å². The van der Waals surface area contributed by atoms with Gasteiger partial charge in [-0.15, -0.1) is 11.3 Å². The predicted molar refractivity (Wildman–Crippen MR) is 131 cm³/mol. The second-order valence-electron chi connectivity index (χ2n) is 8.50. The van der Waals surface area contributed by atoms with Crippen molar-refractivity contribution in [2.45, 2.75) is 32.0 Å². The van der Waals surface area contributed by atoms with E-state index in [9.17, 15) is 9.59 Å². The third-order valence-corrected chi connectivity index (χ3v) is 6.75. The van der Waals surface area contributed by atoms with E-state index in [2.05, 4.69) is 11.4 Å². The maximum absolute atomic E-state index is 13.5. The van der Waals surface area contributed by atoms with E-state index in [0.29, 0.717) is 35.8 Å². The summed E-state index contributed by atoms with van der Waals surface area (Å²) in [5, 5.41) is 14.0. The third-order valence-electron chi connectivity index (χ3n) is 5.89. The van der Waals surface area contributed by atoms with Crippen LogP contribution in [-0.4, -0.2) is 41.1 Å². The summed E-state index contributed by atoms with van der Waals surface area (Å²) in [5.41, 5.74) is 1.92. The van der Waals surface area contributed by atoms with Crippen LogP contribution in [0.1, 0.15) is 28.8 Å². The van der Waals surface area contributed by atoms with Crippen molar-refractivity contribution < 1.29 is 19.1 Å². The lowest BCUT2D eigenvalue weighted by molar-refractivity contribution is -0.133. The zero-order valence-corrected chi connectivity index (χ0v) is 19.8. The number of anilines is 1. The number of urea groups is 1. The fourth-order valence-electron chi connectivity index (χ4n) is 3.94. The number of fused-ring (bicyclic) bond motifs is 1. The van der Waals surface area contributed by atoms with Crippen LogP contribution in [0.3, 0.4) is 0 Å². The molecule has 8 nitrogen and oxygen atoms in total. The molecule has 2 aliphatic rings. The first-order valence-electron chi connectivity index (χ1n) is 11.4. The molecule has 1 aromatic heterocycles. The van der Waals surface area contributed by atoms with Crippen molar-refractivity contribution in [2.75, 3.05) is 18.7 Å². The number of ether oxygens (including phenoxy) is 2. The molecule has 0 bridgehead atoms. The first-order chi connectivity index (χ1) is 17.1. The Kier molecular flexibility index (Phi) is 6.55. The Hall–Kier alpha value is -4.03. The van der Waals surface area contributed by atoms with Crippen molar-refractivity contribution in [3.63, 3.8) is 0 Å². The molecule has 1 aliphatic heterocycles. The number of hydrogen-bond donors (Lipinski definition) is 1. The van der Waals surface area contributed by atoms with Gasteiger partial charge in [0, 0.05) is 23.2 Å². The number of benzene rings is 2. The van der Waals surface area contributed by atoms with Crippen LogP contribution in [0.2, 0.25) is 0 Å². The Morgan fingerprint density at radius 2 is 1.91 bits per heavy atom. The molecule has 178 valence electrons. The van der Waals surface area contributed by atoms with Crippen molar-refractivity contribution in [1.29, 1.82) is 5.26 Å². The summed E-state index contributed by atoms with van der Waals surface area (Å²) in [5.74, 6) is 1.23. The van der Waals surface area contributed by atoms with Crippen molar-refractivity contribution >= 4 is 29.0 Å². The fraction of sp³-hybridized carbons (Fsp3) is 0.269. The minimum absolute atomic E-state index is 0.0234. The smallest absolute Gasteiger partial charge is 0.322 e. The van der Waals surface area contributed by atoms with Crippen molar-refractivity contribution in [3.05, 3.63) is 76.0 Å².